The van der Waals surface area contributed by atoms with Gasteiger partial charge in [-0.2, -0.15) is 10.4 Å². The van der Waals surface area contributed by atoms with E-state index in [2.05, 4.69) is 43.6 Å². The van der Waals surface area contributed by atoms with Crippen molar-refractivity contribution in [3.8, 4) is 11.8 Å². The second-order valence-corrected chi connectivity index (χ2v) is 9.04. The zero-order chi connectivity index (χ0) is 23.2. The number of aryl methyl sites for hydroxylation is 1. The molecule has 0 saturated heterocycles. The van der Waals surface area contributed by atoms with Gasteiger partial charge in [-0.3, -0.25) is 9.99 Å². The monoisotopic (exact) mass is 468 g/mol. The van der Waals surface area contributed by atoms with Gasteiger partial charge in [0.1, 0.15) is 28.4 Å². The van der Waals surface area contributed by atoms with E-state index in [1.54, 1.807) is 23.6 Å². The van der Waals surface area contributed by atoms with Gasteiger partial charge in [0.2, 0.25) is 0 Å². The fourth-order valence-corrected chi connectivity index (χ4v) is 5.33. The Kier molecular flexibility index (Phi) is 4.81. The molecular formula is C23H20N10S. The van der Waals surface area contributed by atoms with Crippen LogP contribution in [0.25, 0.3) is 5.69 Å². The molecule has 0 bridgehead atoms. The average molecular weight is 469 g/mol. The molecule has 0 aliphatic carbocycles. The maximum Gasteiger partial charge on any atom is 0.161 e. The van der Waals surface area contributed by atoms with Gasteiger partial charge in [-0.15, -0.1) is 21.5 Å². The van der Waals surface area contributed by atoms with E-state index >= 15 is 0 Å². The Bertz CT molecular complexity index is 1430. The van der Waals surface area contributed by atoms with Gasteiger partial charge in [-0.25, -0.2) is 15.0 Å². The maximum absolute atomic E-state index is 9.50. The molecule has 3 unspecified atom stereocenters. The largest absolute Gasteiger partial charge is 0.314 e. The smallest absolute Gasteiger partial charge is 0.161 e. The Morgan fingerprint density at radius 2 is 2.15 bits per heavy atom. The SMILES string of the molecule is CCC1c2nnc(C)n2-c2cnc(C3C=NNC3c3nccs3)nc2N1c1cccc(C#N)c1. The summed E-state index contributed by atoms with van der Waals surface area (Å²) in [5.41, 5.74) is 5.42. The summed E-state index contributed by atoms with van der Waals surface area (Å²) >= 11 is 1.58. The molecule has 0 saturated carbocycles. The molecule has 4 aromatic rings. The number of hydrogen-bond donors (Lipinski definition) is 1. The van der Waals surface area contributed by atoms with E-state index < -0.39 is 0 Å². The molecule has 0 radical (unpaired) electrons. The summed E-state index contributed by atoms with van der Waals surface area (Å²) in [5.74, 6) is 2.85. The zero-order valence-corrected chi connectivity index (χ0v) is 19.3. The highest BCUT2D eigenvalue weighted by Gasteiger charge is 2.38. The van der Waals surface area contributed by atoms with Crippen LogP contribution in [-0.2, 0) is 0 Å². The van der Waals surface area contributed by atoms with Crippen molar-refractivity contribution in [1.29, 1.82) is 5.26 Å². The van der Waals surface area contributed by atoms with Crippen molar-refractivity contribution in [2.75, 3.05) is 4.90 Å². The van der Waals surface area contributed by atoms with Crippen molar-refractivity contribution in [2.45, 2.75) is 38.3 Å². The third kappa shape index (κ3) is 3.07. The molecule has 34 heavy (non-hydrogen) atoms. The van der Waals surface area contributed by atoms with Gasteiger partial charge in [-0.1, -0.05) is 13.0 Å². The first kappa shape index (κ1) is 20.4. The minimum Gasteiger partial charge on any atom is -0.314 e. The third-order valence-electron chi connectivity index (χ3n) is 6.16. The Morgan fingerprint density at radius 1 is 1.24 bits per heavy atom. The zero-order valence-electron chi connectivity index (χ0n) is 18.5. The maximum atomic E-state index is 9.50. The van der Waals surface area contributed by atoms with E-state index in [0.29, 0.717) is 11.4 Å². The summed E-state index contributed by atoms with van der Waals surface area (Å²) in [5, 5.41) is 25.5. The number of nitrogens with zero attached hydrogens (tertiary/aromatic N) is 9. The van der Waals surface area contributed by atoms with Crippen LogP contribution < -0.4 is 10.3 Å². The van der Waals surface area contributed by atoms with Gasteiger partial charge in [0.25, 0.3) is 0 Å². The molecule has 6 rings (SSSR count). The second kappa shape index (κ2) is 8.00. The van der Waals surface area contributed by atoms with Crippen molar-refractivity contribution in [2.24, 2.45) is 5.10 Å². The standard InChI is InChI=1S/C23H20N10S/c1-3-17-22-31-29-13(2)32(22)18-12-26-20(16-11-27-30-19(16)23-25-7-8-34-23)28-21(18)33(17)15-6-4-5-14(9-15)10-24/h4-9,11-12,16-17,19,30H,3H2,1-2H3. The van der Waals surface area contributed by atoms with E-state index in [4.69, 9.17) is 9.97 Å². The number of rotatable bonds is 4. The van der Waals surface area contributed by atoms with Gasteiger partial charge in [0, 0.05) is 23.5 Å². The fourth-order valence-electron chi connectivity index (χ4n) is 4.61. The van der Waals surface area contributed by atoms with Crippen molar-refractivity contribution >= 4 is 29.1 Å². The Morgan fingerprint density at radius 3 is 2.94 bits per heavy atom. The summed E-state index contributed by atoms with van der Waals surface area (Å²) in [6.45, 7) is 4.04. The predicted octanol–water partition coefficient (Wildman–Crippen LogP) is 3.71. The number of aromatic nitrogens is 6. The van der Waals surface area contributed by atoms with Gasteiger partial charge >= 0.3 is 0 Å². The minimum absolute atomic E-state index is 0.101. The van der Waals surface area contributed by atoms with Crippen LogP contribution in [0, 0.1) is 18.3 Å². The lowest BCUT2D eigenvalue weighted by atomic mass is 10.0. The highest BCUT2D eigenvalue weighted by atomic mass is 32.1. The van der Waals surface area contributed by atoms with Crippen LogP contribution in [0.1, 0.15) is 59.4 Å². The number of benzene rings is 1. The van der Waals surface area contributed by atoms with Crippen LogP contribution >= 0.6 is 11.3 Å². The lowest BCUT2D eigenvalue weighted by molar-refractivity contribution is 0.548. The topological polar surface area (TPSA) is 121 Å². The fraction of sp³-hybridized carbons (Fsp3) is 0.261. The number of nitrogens with one attached hydrogen (secondary N) is 1. The average Bonchev–Trinajstić information content (AvgIpc) is 3.64. The second-order valence-electron chi connectivity index (χ2n) is 8.12. The van der Waals surface area contributed by atoms with Gasteiger partial charge in [0.15, 0.2) is 11.6 Å². The molecule has 3 aromatic heterocycles. The molecule has 1 N–H and O–H groups in total. The van der Waals surface area contributed by atoms with Gasteiger partial charge in [0.05, 0.1) is 29.8 Å². The van der Waals surface area contributed by atoms with Crippen molar-refractivity contribution in [3.05, 3.63) is 70.1 Å². The van der Waals surface area contributed by atoms with Crippen molar-refractivity contribution in [3.63, 3.8) is 0 Å². The quantitative estimate of drug-likeness (QED) is 0.481. The summed E-state index contributed by atoms with van der Waals surface area (Å²) < 4.78 is 2.03. The van der Waals surface area contributed by atoms with E-state index in [-0.39, 0.29) is 18.0 Å². The van der Waals surface area contributed by atoms with Crippen LogP contribution in [0.2, 0.25) is 0 Å². The molecular weight excluding hydrogens is 448 g/mol. The van der Waals surface area contributed by atoms with Crippen LogP contribution in [-0.4, -0.2) is 35.9 Å². The molecule has 0 amide bonds. The molecule has 1 aromatic carbocycles. The van der Waals surface area contributed by atoms with Crippen molar-refractivity contribution < 1.29 is 0 Å². The molecule has 168 valence electrons. The summed E-state index contributed by atoms with van der Waals surface area (Å²) in [4.78, 5) is 16.4. The molecule has 11 heteroatoms. The van der Waals surface area contributed by atoms with Crippen LogP contribution in [0.3, 0.4) is 0 Å². The van der Waals surface area contributed by atoms with Gasteiger partial charge in [-0.05, 0) is 31.5 Å². The molecule has 2 aliphatic rings. The normalized spacial score (nSPS) is 20.5. The van der Waals surface area contributed by atoms with Crippen LogP contribution in [0.15, 0.2) is 47.1 Å². The lowest BCUT2D eigenvalue weighted by Crippen LogP contribution is -2.33. The van der Waals surface area contributed by atoms with E-state index in [0.717, 1.165) is 40.3 Å². The number of nitriles is 1. The van der Waals surface area contributed by atoms with E-state index in [1.165, 1.54) is 0 Å². The molecule has 10 nitrogen and oxygen atoms in total. The summed E-state index contributed by atoms with van der Waals surface area (Å²) in [7, 11) is 0. The number of hydrogen-bond acceptors (Lipinski definition) is 10. The summed E-state index contributed by atoms with van der Waals surface area (Å²) in [6.07, 6.45) is 6.23. The Hall–Kier alpha value is -4.17. The number of hydrazone groups is 1. The van der Waals surface area contributed by atoms with Crippen LogP contribution in [0.5, 0.6) is 0 Å². The van der Waals surface area contributed by atoms with Crippen LogP contribution in [0.4, 0.5) is 11.5 Å². The molecule has 0 spiro atoms. The predicted molar refractivity (Wildman–Crippen MR) is 127 cm³/mol. The molecule has 5 heterocycles. The number of anilines is 2. The molecule has 3 atom stereocenters. The number of thiazole rings is 1. The molecule has 0 fully saturated rings. The lowest BCUT2D eigenvalue weighted by Gasteiger charge is -2.37. The first-order valence-electron chi connectivity index (χ1n) is 11.0. The first-order valence-corrected chi connectivity index (χ1v) is 11.8. The highest BCUT2D eigenvalue weighted by Crippen LogP contribution is 2.44. The number of fused-ring (bicyclic) bond motifs is 3. The highest BCUT2D eigenvalue weighted by molar-refractivity contribution is 7.09. The first-order chi connectivity index (χ1) is 16.7. The Labute approximate surface area is 199 Å². The third-order valence-corrected chi connectivity index (χ3v) is 7.02. The summed E-state index contributed by atoms with van der Waals surface area (Å²) in [6, 6.07) is 9.58. The minimum atomic E-state index is -0.160. The Balaban J connectivity index is 1.54. The van der Waals surface area contributed by atoms with Crippen molar-refractivity contribution in [1.82, 2.24) is 35.1 Å². The van der Waals surface area contributed by atoms with E-state index in [9.17, 15) is 5.26 Å². The van der Waals surface area contributed by atoms with Gasteiger partial charge < -0.3 is 4.90 Å². The van der Waals surface area contributed by atoms with E-state index in [1.807, 2.05) is 47.5 Å². The molecule has 2 aliphatic heterocycles.